The van der Waals surface area contributed by atoms with Gasteiger partial charge in [0, 0.05) is 0 Å². The lowest BCUT2D eigenvalue weighted by molar-refractivity contribution is -0.0819. The minimum absolute atomic E-state index is 1.09. The van der Waals surface area contributed by atoms with Crippen molar-refractivity contribution in [2.75, 3.05) is 0 Å². The van der Waals surface area contributed by atoms with Crippen LogP contribution < -0.4 is 0 Å². The molecular weight excluding hydrogens is 937 g/mol. The molecule has 0 nitrogen and oxygen atoms in total. The Morgan fingerprint density at radius 2 is 0.487 bits per heavy atom. The molecule has 0 spiro atoms. The van der Waals surface area contributed by atoms with E-state index in [0.29, 0.717) is 0 Å². The van der Waals surface area contributed by atoms with Crippen molar-refractivity contribution >= 4 is 0 Å². The summed E-state index contributed by atoms with van der Waals surface area (Å²) in [5.41, 5.74) is 0. The van der Waals surface area contributed by atoms with Gasteiger partial charge in [-0.25, -0.2) is 0 Å². The number of rotatable bonds is 9. The zero-order valence-electron chi connectivity index (χ0n) is 54.5. The van der Waals surface area contributed by atoms with Crippen molar-refractivity contribution in [1.29, 1.82) is 0 Å². The Labute approximate surface area is 490 Å². The number of fused-ring (bicyclic) bond motifs is 9. The highest BCUT2D eigenvalue weighted by atomic mass is 14.6. The van der Waals surface area contributed by atoms with E-state index in [1.165, 1.54) is 157 Å². The van der Waals surface area contributed by atoms with E-state index in [-0.39, 0.29) is 0 Å². The van der Waals surface area contributed by atoms with Gasteiger partial charge in [0.2, 0.25) is 0 Å². The third-order valence-electron chi connectivity index (χ3n) is 29.1. The number of hydrogen-bond acceptors (Lipinski definition) is 0. The van der Waals surface area contributed by atoms with Crippen LogP contribution in [0.4, 0.5) is 0 Å². The van der Waals surface area contributed by atoms with E-state index >= 15 is 0 Å². The molecule has 22 fully saturated rings. The molecule has 0 aromatic rings. The molecule has 0 N–H and O–H groups in total. The zero-order chi connectivity index (χ0) is 54.5. The molecule has 22 rings (SSSR count). The van der Waals surface area contributed by atoms with E-state index < -0.39 is 0 Å². The molecule has 0 aromatic heterocycles. The maximum absolute atomic E-state index is 2.41. The summed E-state index contributed by atoms with van der Waals surface area (Å²) in [6.45, 7) is 21.1. The van der Waals surface area contributed by atoms with Crippen LogP contribution in [0.1, 0.15) is 345 Å². The fraction of sp³-hybridized carbons (Fsp3) is 1.00. The van der Waals surface area contributed by atoms with Crippen LogP contribution in [0.3, 0.4) is 0 Å². The smallest absolute Gasteiger partial charge is 0.0360 e. The van der Waals surface area contributed by atoms with Gasteiger partial charge >= 0.3 is 0 Å². The molecule has 7 atom stereocenters. The molecule has 0 radical (unpaired) electrons. The maximum Gasteiger partial charge on any atom is -0.0360 e. The second-order valence-corrected chi connectivity index (χ2v) is 32.7. The topological polar surface area (TPSA) is 0 Å². The fourth-order valence-electron chi connectivity index (χ4n) is 23.9. The Bertz CT molecular complexity index is 1520. The molecule has 452 valence electrons. The molecule has 22 saturated carbocycles. The van der Waals surface area contributed by atoms with Crippen LogP contribution in [0.2, 0.25) is 0 Å². The van der Waals surface area contributed by atoms with Gasteiger partial charge in [-0.2, -0.15) is 0 Å². The van der Waals surface area contributed by atoms with Crippen LogP contribution in [0, 0.1) is 148 Å². The summed E-state index contributed by atoms with van der Waals surface area (Å²) in [7, 11) is 0. The second-order valence-electron chi connectivity index (χ2n) is 32.7. The van der Waals surface area contributed by atoms with Crippen molar-refractivity contribution in [3.05, 3.63) is 0 Å². The van der Waals surface area contributed by atoms with Gasteiger partial charge in [-0.15, -0.1) is 0 Å². The van der Waals surface area contributed by atoms with Gasteiger partial charge in [-0.05, 0) is 296 Å². The Hall–Kier alpha value is 0. The largest absolute Gasteiger partial charge is 0.0651 e. The third kappa shape index (κ3) is 16.1. The van der Waals surface area contributed by atoms with E-state index in [2.05, 4.69) is 62.3 Å². The normalized spacial score (nSPS) is 45.7. The molecule has 16 bridgehead atoms. The second kappa shape index (κ2) is 31.4. The van der Waals surface area contributed by atoms with Gasteiger partial charge in [0.1, 0.15) is 0 Å². The van der Waals surface area contributed by atoms with E-state index in [4.69, 9.17) is 0 Å². The lowest BCUT2D eigenvalue weighted by Crippen LogP contribution is -2.49. The predicted octanol–water partition coefficient (Wildman–Crippen LogP) is 24.9. The van der Waals surface area contributed by atoms with Gasteiger partial charge in [0.25, 0.3) is 0 Å². The minimum Gasteiger partial charge on any atom is -0.0651 e. The first kappa shape index (κ1) is 62.5. The van der Waals surface area contributed by atoms with E-state index in [0.717, 1.165) is 107 Å². The minimum atomic E-state index is 1.09. The summed E-state index contributed by atoms with van der Waals surface area (Å²) in [5, 5.41) is 0. The third-order valence-corrected chi connectivity index (χ3v) is 29.1. The first-order valence-electron chi connectivity index (χ1n) is 38.2. The van der Waals surface area contributed by atoms with E-state index in [9.17, 15) is 0 Å². The standard InChI is InChI=1S/C12H20.C10H18.2C9H16.2C8H14.C8H16.C7H12.C7H14/c1-2-12-10-4-8-3-9(6-10)7-11(12)5-8;1-2-9-7-8-3-5-10(9)6-4-8;1-2-8-5-7-3-4-9(8)6-7;1-2-9-7-3-4-8(9)6-5-7;1-2-7-3-6-4-8(7)5-6;1-2-8-6-3-4-7(8)5-6;1-2-8-6-4-3-5-7-8;1-2-7-5-3-6(7)4-5;1-2-7-5-3-4-6-7/h8-12H,2-7H2,1H3;8-10H,2-7H2,1H3;2*7-9H,2-6H2,1H3;2*6-8H,2-5H2,1H3;8H,2-7H2,1H3;5-7H,2-4H2,1H3;7H,2-6H2,1H3. The average Bonchev–Trinajstić information content (AvgIpc) is 4.33. The Balaban J connectivity index is 0.000000107. The SMILES string of the molecule is CCC1C2CC1C2.CCC1C2CC3CC(C2)CC1C3.CCC1C2CCC1C2.CCC1C2CCC1CC2.CCC1CC2CC1C2.CCC1CC2CCC1C2.CCC1CC2CCC1CC2.CCC1CCCC1.CCC1CCCCC1. The van der Waals surface area contributed by atoms with Crippen LogP contribution >= 0.6 is 0 Å². The zero-order valence-corrected chi connectivity index (χ0v) is 54.5. The molecule has 0 heteroatoms. The summed E-state index contributed by atoms with van der Waals surface area (Å²) in [6, 6.07) is 0. The van der Waals surface area contributed by atoms with Crippen LogP contribution in [-0.4, -0.2) is 0 Å². The summed E-state index contributed by atoms with van der Waals surface area (Å²) in [5.74, 6) is 28.8. The Morgan fingerprint density at radius 1 is 0.179 bits per heavy atom. The van der Waals surface area contributed by atoms with Crippen molar-refractivity contribution in [3.8, 4) is 0 Å². The van der Waals surface area contributed by atoms with Gasteiger partial charge in [-0.3, -0.25) is 0 Å². The van der Waals surface area contributed by atoms with Crippen molar-refractivity contribution in [2.45, 2.75) is 345 Å². The molecule has 22 aliphatic rings. The van der Waals surface area contributed by atoms with Gasteiger partial charge in [0.05, 0.1) is 0 Å². The maximum atomic E-state index is 2.41. The van der Waals surface area contributed by atoms with Crippen molar-refractivity contribution in [3.63, 3.8) is 0 Å². The highest BCUT2D eigenvalue weighted by Crippen LogP contribution is 2.60. The van der Waals surface area contributed by atoms with Gasteiger partial charge in [0.15, 0.2) is 0 Å². The predicted molar refractivity (Wildman–Crippen MR) is 341 cm³/mol. The molecule has 7 unspecified atom stereocenters. The Morgan fingerprint density at radius 3 is 0.756 bits per heavy atom. The van der Waals surface area contributed by atoms with Crippen LogP contribution in [-0.2, 0) is 0 Å². The van der Waals surface area contributed by atoms with Crippen molar-refractivity contribution in [1.82, 2.24) is 0 Å². The van der Waals surface area contributed by atoms with Gasteiger partial charge < -0.3 is 0 Å². The summed E-state index contributed by atoms with van der Waals surface area (Å²) in [4.78, 5) is 0. The first-order chi connectivity index (χ1) is 38.2. The lowest BCUT2D eigenvalue weighted by atomic mass is 9.47. The Kier molecular flexibility index (Phi) is 25.2. The number of hydrogen-bond donors (Lipinski definition) is 0. The van der Waals surface area contributed by atoms with Crippen LogP contribution in [0.5, 0.6) is 0 Å². The summed E-state index contributed by atoms with van der Waals surface area (Å²) in [6.07, 6.45) is 67.4. The fourth-order valence-corrected chi connectivity index (χ4v) is 23.9. The molecule has 0 heterocycles. The summed E-state index contributed by atoms with van der Waals surface area (Å²) >= 11 is 0. The summed E-state index contributed by atoms with van der Waals surface area (Å²) < 4.78 is 0. The van der Waals surface area contributed by atoms with Crippen molar-refractivity contribution < 1.29 is 0 Å². The van der Waals surface area contributed by atoms with E-state index in [1.54, 1.807) is 167 Å². The van der Waals surface area contributed by atoms with Gasteiger partial charge in [-0.1, -0.05) is 197 Å². The van der Waals surface area contributed by atoms with Crippen LogP contribution in [0.25, 0.3) is 0 Å². The van der Waals surface area contributed by atoms with E-state index in [1.807, 2.05) is 0 Å². The molecule has 0 amide bonds. The molecule has 22 aliphatic carbocycles. The quantitative estimate of drug-likeness (QED) is 0.216. The highest BCUT2D eigenvalue weighted by Gasteiger charge is 2.51. The lowest BCUT2D eigenvalue weighted by Gasteiger charge is -2.58. The molecule has 0 aliphatic heterocycles. The highest BCUT2D eigenvalue weighted by molar-refractivity contribution is 5.01. The average molecular weight is 1080 g/mol. The van der Waals surface area contributed by atoms with Crippen molar-refractivity contribution in [2.24, 2.45) is 148 Å². The van der Waals surface area contributed by atoms with Crippen LogP contribution in [0.15, 0.2) is 0 Å². The molecule has 0 saturated heterocycles. The molecule has 78 heavy (non-hydrogen) atoms. The monoisotopic (exact) mass is 1080 g/mol. The molecular formula is C78H140. The molecule has 0 aromatic carbocycles. The first-order valence-corrected chi connectivity index (χ1v) is 38.2.